The Morgan fingerprint density at radius 2 is 2.04 bits per heavy atom. The molecule has 0 aliphatic heterocycles. The second-order valence-corrected chi connectivity index (χ2v) is 7.15. The van der Waals surface area contributed by atoms with E-state index in [0.717, 1.165) is 10.2 Å². The summed E-state index contributed by atoms with van der Waals surface area (Å²) in [5.41, 5.74) is 3.76. The Labute approximate surface area is 162 Å². The maximum Gasteiger partial charge on any atom is 0.283 e. The first kappa shape index (κ1) is 18.9. The Bertz CT molecular complexity index is 1090. The van der Waals surface area contributed by atoms with Crippen LogP contribution in [0.1, 0.15) is 21.5 Å². The van der Waals surface area contributed by atoms with Crippen LogP contribution < -0.4 is 14.3 Å². The number of methoxy groups -OCH3 is 2. The number of thiazole rings is 1. The van der Waals surface area contributed by atoms with E-state index in [4.69, 9.17) is 9.47 Å². The average Bonchev–Trinajstić information content (AvgIpc) is 2.99. The summed E-state index contributed by atoms with van der Waals surface area (Å²) in [5, 5.41) is 0. The van der Waals surface area contributed by atoms with Gasteiger partial charge in [-0.05, 0) is 43.2 Å². The van der Waals surface area contributed by atoms with Crippen molar-refractivity contribution in [1.29, 1.82) is 0 Å². The molecule has 0 fully saturated rings. The van der Waals surface area contributed by atoms with E-state index in [1.807, 2.05) is 4.57 Å². The molecule has 1 heterocycles. The van der Waals surface area contributed by atoms with Crippen LogP contribution in [0.2, 0.25) is 0 Å². The van der Waals surface area contributed by atoms with Crippen molar-refractivity contribution < 1.29 is 14.3 Å². The largest absolute Gasteiger partial charge is 0.493 e. The molecule has 0 aliphatic carbocycles. The molecular formula is C21H22N2O3S. The molecule has 3 aromatic rings. The molecule has 0 radical (unpaired) electrons. The van der Waals surface area contributed by atoms with Gasteiger partial charge in [-0.25, -0.2) is 0 Å². The lowest BCUT2D eigenvalue weighted by Gasteiger charge is -2.10. The van der Waals surface area contributed by atoms with Gasteiger partial charge in [-0.1, -0.05) is 29.5 Å². The van der Waals surface area contributed by atoms with Crippen molar-refractivity contribution >= 4 is 27.5 Å². The Balaban J connectivity index is 2.22. The fraction of sp³-hybridized carbons (Fsp3) is 0.238. The third-order valence-electron chi connectivity index (χ3n) is 4.26. The molecule has 0 atom stereocenters. The highest BCUT2D eigenvalue weighted by Gasteiger charge is 2.17. The normalized spacial score (nSPS) is 11.6. The van der Waals surface area contributed by atoms with Gasteiger partial charge in [-0.15, -0.1) is 6.58 Å². The van der Waals surface area contributed by atoms with Crippen molar-refractivity contribution in [3.8, 4) is 11.5 Å². The van der Waals surface area contributed by atoms with Gasteiger partial charge in [-0.3, -0.25) is 4.79 Å². The summed E-state index contributed by atoms with van der Waals surface area (Å²) in [4.78, 5) is 17.9. The van der Waals surface area contributed by atoms with Gasteiger partial charge < -0.3 is 14.0 Å². The highest BCUT2D eigenvalue weighted by Crippen LogP contribution is 2.31. The van der Waals surface area contributed by atoms with Gasteiger partial charge >= 0.3 is 0 Å². The maximum absolute atomic E-state index is 12.9. The van der Waals surface area contributed by atoms with E-state index in [2.05, 4.69) is 37.6 Å². The lowest BCUT2D eigenvalue weighted by atomic mass is 10.1. The van der Waals surface area contributed by atoms with E-state index in [-0.39, 0.29) is 5.91 Å². The van der Waals surface area contributed by atoms with Crippen LogP contribution in [-0.2, 0) is 6.54 Å². The monoisotopic (exact) mass is 382 g/mol. The summed E-state index contributed by atoms with van der Waals surface area (Å²) in [7, 11) is 3.05. The third-order valence-corrected chi connectivity index (χ3v) is 5.49. The van der Waals surface area contributed by atoms with Gasteiger partial charge in [0.05, 0.1) is 30.0 Å². The number of hydrogen-bond acceptors (Lipinski definition) is 4. The number of ether oxygens (including phenoxy) is 2. The number of aromatic nitrogens is 1. The summed E-state index contributed by atoms with van der Waals surface area (Å²) in [6, 6.07) is 9.43. The van der Waals surface area contributed by atoms with Gasteiger partial charge in [-0.2, -0.15) is 4.99 Å². The van der Waals surface area contributed by atoms with E-state index in [1.54, 1.807) is 31.4 Å². The molecule has 6 heteroatoms. The number of aryl methyl sites for hydroxylation is 2. The van der Waals surface area contributed by atoms with Crippen molar-refractivity contribution in [2.45, 2.75) is 20.4 Å². The molecule has 140 valence electrons. The number of fused-ring (bicyclic) bond motifs is 1. The van der Waals surface area contributed by atoms with Crippen molar-refractivity contribution in [3.05, 3.63) is 64.5 Å². The van der Waals surface area contributed by atoms with Gasteiger partial charge in [0.2, 0.25) is 0 Å². The Kier molecular flexibility index (Phi) is 5.46. The molecule has 0 saturated carbocycles. The van der Waals surface area contributed by atoms with Crippen LogP contribution in [0, 0.1) is 13.8 Å². The van der Waals surface area contributed by atoms with E-state index < -0.39 is 0 Å². The zero-order valence-corrected chi connectivity index (χ0v) is 16.7. The molecule has 0 unspecified atom stereocenters. The molecule has 0 spiro atoms. The van der Waals surface area contributed by atoms with E-state index >= 15 is 0 Å². The highest BCUT2D eigenvalue weighted by molar-refractivity contribution is 7.16. The van der Waals surface area contributed by atoms with Crippen molar-refractivity contribution in [1.82, 2.24) is 4.57 Å². The minimum Gasteiger partial charge on any atom is -0.493 e. The summed E-state index contributed by atoms with van der Waals surface area (Å²) < 4.78 is 13.8. The first-order valence-corrected chi connectivity index (χ1v) is 9.33. The van der Waals surface area contributed by atoms with Crippen LogP contribution in [0.25, 0.3) is 10.2 Å². The fourth-order valence-electron chi connectivity index (χ4n) is 3.11. The molecular weight excluding hydrogens is 360 g/mol. The number of carbonyl (C=O) groups is 1. The predicted molar refractivity (Wildman–Crippen MR) is 109 cm³/mol. The number of hydrogen-bond donors (Lipinski definition) is 0. The molecule has 2 aromatic carbocycles. The van der Waals surface area contributed by atoms with Crippen LogP contribution in [0.3, 0.4) is 0 Å². The number of rotatable bonds is 5. The summed E-state index contributed by atoms with van der Waals surface area (Å²) >= 11 is 1.50. The van der Waals surface area contributed by atoms with E-state index in [0.29, 0.717) is 28.4 Å². The summed E-state index contributed by atoms with van der Waals surface area (Å²) in [6.45, 7) is 8.54. The minimum absolute atomic E-state index is 0.368. The zero-order valence-electron chi connectivity index (χ0n) is 15.9. The quantitative estimate of drug-likeness (QED) is 0.620. The predicted octanol–water partition coefficient (Wildman–Crippen LogP) is 4.26. The number of para-hydroxylation sites is 1. The summed E-state index contributed by atoms with van der Waals surface area (Å²) in [5.74, 6) is 0.516. The number of nitrogens with zero attached hydrogens (tertiary/aromatic N) is 2. The second kappa shape index (κ2) is 7.80. The van der Waals surface area contributed by atoms with Gasteiger partial charge in [0.25, 0.3) is 5.91 Å². The SMILES string of the molecule is C=CCn1c(=NC(=O)c2cccc(OC)c2OC)sc2c(C)cc(C)cc21. The molecule has 3 rings (SSSR count). The van der Waals surface area contributed by atoms with Crippen molar-refractivity contribution in [2.75, 3.05) is 14.2 Å². The fourth-order valence-corrected chi connectivity index (χ4v) is 4.19. The standard InChI is InChI=1S/C21H22N2O3S/c1-6-10-23-16-12-13(2)11-14(3)19(16)27-21(23)22-20(24)15-8-7-9-17(25-4)18(15)26-5/h6-9,11-12H,1,10H2,2-5H3. The Hall–Kier alpha value is -2.86. The Morgan fingerprint density at radius 1 is 1.26 bits per heavy atom. The van der Waals surface area contributed by atoms with E-state index in [9.17, 15) is 4.79 Å². The lowest BCUT2D eigenvalue weighted by molar-refractivity contribution is 0.0994. The second-order valence-electron chi connectivity index (χ2n) is 6.17. The highest BCUT2D eigenvalue weighted by atomic mass is 32.1. The van der Waals surface area contributed by atoms with E-state index in [1.165, 1.54) is 29.6 Å². The average molecular weight is 382 g/mol. The Morgan fingerprint density at radius 3 is 2.70 bits per heavy atom. The molecule has 0 aliphatic rings. The maximum atomic E-state index is 12.9. The minimum atomic E-state index is -0.371. The number of amides is 1. The van der Waals surface area contributed by atoms with Crippen LogP contribution in [-0.4, -0.2) is 24.7 Å². The first-order valence-electron chi connectivity index (χ1n) is 8.51. The van der Waals surface area contributed by atoms with Crippen molar-refractivity contribution in [3.63, 3.8) is 0 Å². The lowest BCUT2D eigenvalue weighted by Crippen LogP contribution is -2.16. The van der Waals surface area contributed by atoms with Crippen LogP contribution in [0.5, 0.6) is 11.5 Å². The van der Waals surface area contributed by atoms with Crippen LogP contribution in [0.15, 0.2) is 48.0 Å². The summed E-state index contributed by atoms with van der Waals surface area (Å²) in [6.07, 6.45) is 1.81. The molecule has 0 N–H and O–H groups in total. The molecule has 5 nitrogen and oxygen atoms in total. The van der Waals surface area contributed by atoms with Crippen LogP contribution >= 0.6 is 11.3 Å². The molecule has 27 heavy (non-hydrogen) atoms. The van der Waals surface area contributed by atoms with Crippen molar-refractivity contribution in [2.24, 2.45) is 4.99 Å². The van der Waals surface area contributed by atoms with Gasteiger partial charge in [0.1, 0.15) is 0 Å². The smallest absolute Gasteiger partial charge is 0.283 e. The number of carbonyl (C=O) groups excluding carboxylic acids is 1. The van der Waals surface area contributed by atoms with Gasteiger partial charge in [0, 0.05) is 6.54 Å². The first-order chi connectivity index (χ1) is 13.0. The number of benzene rings is 2. The number of allylic oxidation sites excluding steroid dienone is 1. The van der Waals surface area contributed by atoms with Gasteiger partial charge in [0.15, 0.2) is 16.3 Å². The molecule has 0 bridgehead atoms. The molecule has 0 saturated heterocycles. The topological polar surface area (TPSA) is 52.8 Å². The van der Waals surface area contributed by atoms with Crippen LogP contribution in [0.4, 0.5) is 0 Å². The third kappa shape index (κ3) is 3.53. The molecule has 1 aromatic heterocycles. The molecule has 1 amide bonds. The zero-order chi connectivity index (χ0) is 19.6.